The van der Waals surface area contributed by atoms with Crippen molar-refractivity contribution in [2.75, 3.05) is 13.2 Å². The highest BCUT2D eigenvalue weighted by molar-refractivity contribution is 5.89. The lowest BCUT2D eigenvalue weighted by molar-refractivity contribution is -0.155. The minimum absolute atomic E-state index is 0.0148. The van der Waals surface area contributed by atoms with E-state index in [1.807, 2.05) is 42.5 Å². The van der Waals surface area contributed by atoms with Crippen LogP contribution in [0, 0.1) is 0 Å². The van der Waals surface area contributed by atoms with E-state index in [0.717, 1.165) is 11.1 Å². The summed E-state index contributed by atoms with van der Waals surface area (Å²) in [5.74, 6) is -0.384. The summed E-state index contributed by atoms with van der Waals surface area (Å²) in [6.45, 7) is 1.02. The second-order valence-electron chi connectivity index (χ2n) is 5.61. The Balaban J connectivity index is 1.66. The zero-order valence-corrected chi connectivity index (χ0v) is 13.2. The molecule has 6 heteroatoms. The van der Waals surface area contributed by atoms with Crippen molar-refractivity contribution in [3.8, 4) is 0 Å². The Bertz CT molecular complexity index is 691. The van der Waals surface area contributed by atoms with E-state index in [1.165, 1.54) is 0 Å². The summed E-state index contributed by atoms with van der Waals surface area (Å²) in [6, 6.07) is 12.7. The predicted molar refractivity (Wildman–Crippen MR) is 87.7 cm³/mol. The molecule has 124 valence electrons. The van der Waals surface area contributed by atoms with Crippen molar-refractivity contribution < 1.29 is 14.3 Å². The second kappa shape index (κ2) is 7.70. The topological polar surface area (TPSA) is 71.5 Å². The lowest BCUT2D eigenvalue weighted by Gasteiger charge is -2.34. The number of aromatic nitrogens is 1. The van der Waals surface area contributed by atoms with Crippen molar-refractivity contribution in [3.63, 3.8) is 0 Å². The Kier molecular flexibility index (Phi) is 5.18. The third kappa shape index (κ3) is 3.97. The summed E-state index contributed by atoms with van der Waals surface area (Å²) < 4.78 is 5.27. The SMILES string of the molecule is O=C(NCc1ccncc1)[C@@H]1COCC(=O)N1Cc1ccccc1. The van der Waals surface area contributed by atoms with Gasteiger partial charge >= 0.3 is 0 Å². The van der Waals surface area contributed by atoms with Crippen molar-refractivity contribution in [1.29, 1.82) is 0 Å². The maximum atomic E-state index is 12.5. The molecule has 1 aliphatic rings. The first-order chi connectivity index (χ1) is 11.7. The number of nitrogens with zero attached hydrogens (tertiary/aromatic N) is 2. The van der Waals surface area contributed by atoms with Crippen molar-refractivity contribution >= 4 is 11.8 Å². The van der Waals surface area contributed by atoms with E-state index < -0.39 is 6.04 Å². The van der Waals surface area contributed by atoms with Crippen LogP contribution in [-0.2, 0) is 27.4 Å². The third-order valence-corrected chi connectivity index (χ3v) is 3.91. The molecule has 1 N–H and O–H groups in total. The van der Waals surface area contributed by atoms with Crippen LogP contribution in [-0.4, -0.2) is 41.0 Å². The van der Waals surface area contributed by atoms with E-state index in [0.29, 0.717) is 13.1 Å². The van der Waals surface area contributed by atoms with E-state index in [4.69, 9.17) is 4.74 Å². The fourth-order valence-electron chi connectivity index (χ4n) is 2.61. The van der Waals surface area contributed by atoms with Crippen molar-refractivity contribution in [1.82, 2.24) is 15.2 Å². The van der Waals surface area contributed by atoms with E-state index >= 15 is 0 Å². The highest BCUT2D eigenvalue weighted by Gasteiger charge is 2.33. The number of nitrogens with one attached hydrogen (secondary N) is 1. The molecule has 2 aromatic rings. The van der Waals surface area contributed by atoms with Gasteiger partial charge in [0.15, 0.2) is 0 Å². The lowest BCUT2D eigenvalue weighted by Crippen LogP contribution is -2.55. The normalized spacial score (nSPS) is 17.6. The highest BCUT2D eigenvalue weighted by atomic mass is 16.5. The van der Waals surface area contributed by atoms with E-state index in [-0.39, 0.29) is 25.0 Å². The minimum Gasteiger partial charge on any atom is -0.369 e. The molecular weight excluding hydrogens is 306 g/mol. The van der Waals surface area contributed by atoms with Crippen molar-refractivity contribution in [3.05, 3.63) is 66.0 Å². The number of carbonyl (C=O) groups excluding carboxylic acids is 2. The zero-order chi connectivity index (χ0) is 16.8. The number of hydrogen-bond donors (Lipinski definition) is 1. The minimum atomic E-state index is -0.617. The molecule has 1 saturated heterocycles. The van der Waals surface area contributed by atoms with Crippen LogP contribution in [0.25, 0.3) is 0 Å². The molecule has 1 aromatic heterocycles. The fraction of sp³-hybridized carbons (Fsp3) is 0.278. The molecule has 6 nitrogen and oxygen atoms in total. The zero-order valence-electron chi connectivity index (χ0n) is 13.2. The summed E-state index contributed by atoms with van der Waals surface area (Å²) in [4.78, 5) is 30.2. The highest BCUT2D eigenvalue weighted by Crippen LogP contribution is 2.14. The second-order valence-corrected chi connectivity index (χ2v) is 5.61. The van der Waals surface area contributed by atoms with Gasteiger partial charge in [-0.05, 0) is 23.3 Å². The Morgan fingerprint density at radius 2 is 1.92 bits per heavy atom. The molecule has 2 heterocycles. The summed E-state index contributed by atoms with van der Waals surface area (Å²) in [7, 11) is 0. The number of hydrogen-bond acceptors (Lipinski definition) is 4. The predicted octanol–water partition coefficient (Wildman–Crippen LogP) is 1.13. The maximum absolute atomic E-state index is 12.5. The van der Waals surface area contributed by atoms with Gasteiger partial charge in [-0.2, -0.15) is 0 Å². The van der Waals surface area contributed by atoms with Gasteiger partial charge < -0.3 is 15.0 Å². The van der Waals surface area contributed by atoms with Gasteiger partial charge in [0.25, 0.3) is 0 Å². The summed E-state index contributed by atoms with van der Waals surface area (Å²) in [6.07, 6.45) is 3.35. The standard InChI is InChI=1S/C18H19N3O3/c22-17-13-24-12-16(21(17)11-15-4-2-1-3-5-15)18(23)20-10-14-6-8-19-9-7-14/h1-9,16H,10-13H2,(H,20,23)/t16-/m0/s1. The maximum Gasteiger partial charge on any atom is 0.249 e. The van der Waals surface area contributed by atoms with Crippen LogP contribution in [0.2, 0.25) is 0 Å². The van der Waals surface area contributed by atoms with Gasteiger partial charge in [0, 0.05) is 25.5 Å². The quantitative estimate of drug-likeness (QED) is 0.894. The Morgan fingerprint density at radius 1 is 1.17 bits per heavy atom. The molecular formula is C18H19N3O3. The Morgan fingerprint density at radius 3 is 2.67 bits per heavy atom. The van der Waals surface area contributed by atoms with Crippen LogP contribution in [0.15, 0.2) is 54.9 Å². The number of ether oxygens (including phenoxy) is 1. The van der Waals surface area contributed by atoms with Crippen molar-refractivity contribution in [2.45, 2.75) is 19.1 Å². The van der Waals surface area contributed by atoms with Crippen LogP contribution in [0.3, 0.4) is 0 Å². The smallest absolute Gasteiger partial charge is 0.249 e. The number of amides is 2. The van der Waals surface area contributed by atoms with Gasteiger partial charge in [-0.15, -0.1) is 0 Å². The molecule has 1 aliphatic heterocycles. The van der Waals surface area contributed by atoms with Crippen molar-refractivity contribution in [2.24, 2.45) is 0 Å². The van der Waals surface area contributed by atoms with Gasteiger partial charge in [0.05, 0.1) is 6.61 Å². The average Bonchev–Trinajstić information content (AvgIpc) is 2.63. The molecule has 24 heavy (non-hydrogen) atoms. The number of pyridine rings is 1. The van der Waals surface area contributed by atoms with Gasteiger partial charge in [0.2, 0.25) is 11.8 Å². The molecule has 1 fully saturated rings. The van der Waals surface area contributed by atoms with Crippen LogP contribution in [0.4, 0.5) is 0 Å². The molecule has 0 unspecified atom stereocenters. The largest absolute Gasteiger partial charge is 0.369 e. The molecule has 0 bridgehead atoms. The van der Waals surface area contributed by atoms with Gasteiger partial charge in [-0.25, -0.2) is 0 Å². The molecule has 1 aromatic carbocycles. The van der Waals surface area contributed by atoms with Gasteiger partial charge in [-0.3, -0.25) is 14.6 Å². The summed E-state index contributed by atoms with van der Waals surface area (Å²) in [5.41, 5.74) is 1.94. The van der Waals surface area contributed by atoms with Gasteiger partial charge in [0.1, 0.15) is 12.6 Å². The lowest BCUT2D eigenvalue weighted by atomic mass is 10.1. The first-order valence-electron chi connectivity index (χ1n) is 7.82. The summed E-state index contributed by atoms with van der Waals surface area (Å²) >= 11 is 0. The van der Waals surface area contributed by atoms with Crippen LogP contribution < -0.4 is 5.32 Å². The van der Waals surface area contributed by atoms with E-state index in [1.54, 1.807) is 17.3 Å². The molecule has 0 spiro atoms. The molecule has 2 amide bonds. The van der Waals surface area contributed by atoms with Crippen LogP contribution in [0.5, 0.6) is 0 Å². The number of benzene rings is 1. The third-order valence-electron chi connectivity index (χ3n) is 3.91. The van der Waals surface area contributed by atoms with E-state index in [9.17, 15) is 9.59 Å². The first kappa shape index (κ1) is 16.1. The Labute approximate surface area is 140 Å². The monoisotopic (exact) mass is 325 g/mol. The average molecular weight is 325 g/mol. The molecule has 0 radical (unpaired) electrons. The van der Waals surface area contributed by atoms with Crippen LogP contribution >= 0.6 is 0 Å². The molecule has 0 aliphatic carbocycles. The van der Waals surface area contributed by atoms with Crippen LogP contribution in [0.1, 0.15) is 11.1 Å². The van der Waals surface area contributed by atoms with E-state index in [2.05, 4.69) is 10.3 Å². The number of carbonyl (C=O) groups is 2. The van der Waals surface area contributed by atoms with Gasteiger partial charge in [-0.1, -0.05) is 30.3 Å². The molecule has 1 atom stereocenters. The number of morpholine rings is 1. The Hall–Kier alpha value is -2.73. The fourth-order valence-corrected chi connectivity index (χ4v) is 2.61. The summed E-state index contributed by atoms with van der Waals surface area (Å²) in [5, 5.41) is 2.86. The number of rotatable bonds is 5. The molecule has 0 saturated carbocycles. The first-order valence-corrected chi connectivity index (χ1v) is 7.82. The molecule has 3 rings (SSSR count).